The van der Waals surface area contributed by atoms with Gasteiger partial charge in [0, 0.05) is 42.1 Å². The zero-order chi connectivity index (χ0) is 13.5. The van der Waals surface area contributed by atoms with Crippen molar-refractivity contribution in [1.29, 1.82) is 0 Å². The van der Waals surface area contributed by atoms with Crippen molar-refractivity contribution in [3.63, 3.8) is 0 Å². The summed E-state index contributed by atoms with van der Waals surface area (Å²) in [5.74, 6) is 0. The molecule has 1 saturated heterocycles. The third-order valence-electron chi connectivity index (χ3n) is 3.80. The minimum absolute atomic E-state index is 0.598. The lowest BCUT2D eigenvalue weighted by atomic mass is 10.1. The van der Waals surface area contributed by atoms with Crippen LogP contribution < -0.4 is 10.6 Å². The van der Waals surface area contributed by atoms with Crippen molar-refractivity contribution in [1.82, 2.24) is 15.0 Å². The number of fused-ring (bicyclic) bond motifs is 1. The molecule has 6 heteroatoms. The average Bonchev–Trinajstić information content (AvgIpc) is 3.17. The first-order valence-corrected chi connectivity index (χ1v) is 7.63. The van der Waals surface area contributed by atoms with E-state index in [2.05, 4.69) is 25.9 Å². The smallest absolute Gasteiger partial charge is 0.180 e. The van der Waals surface area contributed by atoms with Gasteiger partial charge in [0.15, 0.2) is 5.13 Å². The van der Waals surface area contributed by atoms with E-state index in [1.54, 1.807) is 0 Å². The van der Waals surface area contributed by atoms with E-state index < -0.39 is 0 Å². The summed E-state index contributed by atoms with van der Waals surface area (Å²) < 4.78 is 0. The molecule has 1 aliphatic rings. The summed E-state index contributed by atoms with van der Waals surface area (Å²) in [6.07, 6.45) is 6.36. The van der Waals surface area contributed by atoms with Crippen LogP contribution in [0.15, 0.2) is 23.8 Å². The maximum Gasteiger partial charge on any atom is 0.180 e. The molecule has 1 aliphatic heterocycles. The lowest BCUT2D eigenvalue weighted by molar-refractivity contribution is 0.949. The maximum atomic E-state index is 5.76. The largest absolute Gasteiger partial charge is 0.375 e. The Hall–Kier alpha value is -2.08. The molecule has 0 aliphatic carbocycles. The second-order valence-electron chi connectivity index (χ2n) is 5.02. The molecule has 0 aromatic carbocycles. The predicted octanol–water partition coefficient (Wildman–Crippen LogP) is 2.87. The van der Waals surface area contributed by atoms with Crippen LogP contribution in [-0.2, 0) is 0 Å². The number of thiazole rings is 1. The van der Waals surface area contributed by atoms with E-state index in [-0.39, 0.29) is 0 Å². The Labute approximate surface area is 120 Å². The molecule has 102 valence electrons. The normalized spacial score (nSPS) is 15.3. The van der Waals surface area contributed by atoms with E-state index in [0.717, 1.165) is 35.4 Å². The molecule has 0 unspecified atom stereocenters. The molecule has 3 N–H and O–H groups in total. The Kier molecular flexibility index (Phi) is 2.63. The van der Waals surface area contributed by atoms with Crippen LogP contribution in [0.25, 0.3) is 22.3 Å². The summed E-state index contributed by atoms with van der Waals surface area (Å²) in [6.45, 7) is 2.23. The number of aromatic amines is 1. The molecule has 4 heterocycles. The van der Waals surface area contributed by atoms with Crippen LogP contribution >= 0.6 is 11.3 Å². The standard InChI is InChI=1S/C14H15N5S/c15-14-18-10(8-20-14)9-7-17-13-12(9)11(3-4-16-13)19-5-1-2-6-19/h3-4,7-8H,1-2,5-6H2,(H2,15,18)(H,16,17). The molecule has 0 saturated carbocycles. The fraction of sp³-hybridized carbons (Fsp3) is 0.286. The Morgan fingerprint density at radius 3 is 2.90 bits per heavy atom. The van der Waals surface area contributed by atoms with Gasteiger partial charge in [0.2, 0.25) is 0 Å². The van der Waals surface area contributed by atoms with Gasteiger partial charge in [-0.1, -0.05) is 0 Å². The molecule has 5 nitrogen and oxygen atoms in total. The van der Waals surface area contributed by atoms with Crippen LogP contribution in [0.3, 0.4) is 0 Å². The number of nitrogen functional groups attached to an aromatic ring is 1. The van der Waals surface area contributed by atoms with Crippen molar-refractivity contribution < 1.29 is 0 Å². The molecular formula is C14H15N5S. The molecule has 0 amide bonds. The van der Waals surface area contributed by atoms with Gasteiger partial charge in [-0.25, -0.2) is 9.97 Å². The first-order valence-electron chi connectivity index (χ1n) is 6.75. The Balaban J connectivity index is 1.93. The van der Waals surface area contributed by atoms with Crippen LogP contribution in [0.5, 0.6) is 0 Å². The van der Waals surface area contributed by atoms with Gasteiger partial charge in [0.1, 0.15) is 5.65 Å². The number of hydrogen-bond donors (Lipinski definition) is 2. The Bertz CT molecular complexity index is 754. The van der Waals surface area contributed by atoms with Gasteiger partial charge < -0.3 is 15.6 Å². The molecule has 0 atom stereocenters. The number of aromatic nitrogens is 3. The SMILES string of the molecule is Nc1nc(-c2c[nH]c3nccc(N4CCCC4)c23)cs1. The number of hydrogen-bond acceptors (Lipinski definition) is 5. The highest BCUT2D eigenvalue weighted by Gasteiger charge is 2.19. The fourth-order valence-electron chi connectivity index (χ4n) is 2.87. The lowest BCUT2D eigenvalue weighted by Crippen LogP contribution is -2.17. The van der Waals surface area contributed by atoms with Gasteiger partial charge in [-0.15, -0.1) is 11.3 Å². The molecule has 3 aromatic heterocycles. The predicted molar refractivity (Wildman–Crippen MR) is 83.1 cm³/mol. The van der Waals surface area contributed by atoms with Crippen LogP contribution in [0.2, 0.25) is 0 Å². The van der Waals surface area contributed by atoms with E-state index in [0.29, 0.717) is 5.13 Å². The molecule has 4 rings (SSSR count). The summed E-state index contributed by atoms with van der Waals surface area (Å²) in [4.78, 5) is 14.5. The molecule has 0 radical (unpaired) electrons. The van der Waals surface area contributed by atoms with E-state index in [4.69, 9.17) is 5.73 Å². The molecule has 0 spiro atoms. The van der Waals surface area contributed by atoms with E-state index >= 15 is 0 Å². The number of pyridine rings is 1. The third-order valence-corrected chi connectivity index (χ3v) is 4.47. The van der Waals surface area contributed by atoms with Crippen LogP contribution in [-0.4, -0.2) is 28.0 Å². The van der Waals surface area contributed by atoms with Gasteiger partial charge in [0.25, 0.3) is 0 Å². The highest BCUT2D eigenvalue weighted by atomic mass is 32.1. The summed E-state index contributed by atoms with van der Waals surface area (Å²) in [6, 6.07) is 2.10. The minimum atomic E-state index is 0.598. The second kappa shape index (κ2) is 4.49. The van der Waals surface area contributed by atoms with Gasteiger partial charge in [-0.2, -0.15) is 0 Å². The first kappa shape index (κ1) is 11.7. The Morgan fingerprint density at radius 1 is 1.30 bits per heavy atom. The molecular weight excluding hydrogens is 270 g/mol. The van der Waals surface area contributed by atoms with Crippen LogP contribution in [0.4, 0.5) is 10.8 Å². The van der Waals surface area contributed by atoms with E-state index in [1.807, 2.05) is 17.8 Å². The van der Waals surface area contributed by atoms with Crippen molar-refractivity contribution in [2.45, 2.75) is 12.8 Å². The van der Waals surface area contributed by atoms with Crippen molar-refractivity contribution in [3.8, 4) is 11.3 Å². The zero-order valence-corrected chi connectivity index (χ0v) is 11.8. The highest BCUT2D eigenvalue weighted by molar-refractivity contribution is 7.13. The highest BCUT2D eigenvalue weighted by Crippen LogP contribution is 2.36. The fourth-order valence-corrected chi connectivity index (χ4v) is 3.44. The minimum Gasteiger partial charge on any atom is -0.375 e. The number of nitrogens with two attached hydrogens (primary N) is 1. The molecule has 1 fully saturated rings. The number of nitrogens with one attached hydrogen (secondary N) is 1. The van der Waals surface area contributed by atoms with Crippen LogP contribution in [0.1, 0.15) is 12.8 Å². The number of nitrogens with zero attached hydrogens (tertiary/aromatic N) is 3. The van der Waals surface area contributed by atoms with Gasteiger partial charge in [-0.05, 0) is 18.9 Å². The number of rotatable bonds is 2. The Morgan fingerprint density at radius 2 is 2.15 bits per heavy atom. The third kappa shape index (κ3) is 1.76. The first-order chi connectivity index (χ1) is 9.83. The molecule has 20 heavy (non-hydrogen) atoms. The number of H-pyrrole nitrogens is 1. The maximum absolute atomic E-state index is 5.76. The summed E-state index contributed by atoms with van der Waals surface area (Å²) in [5.41, 5.74) is 9.93. The van der Waals surface area contributed by atoms with Gasteiger partial charge in [-0.3, -0.25) is 0 Å². The lowest BCUT2D eigenvalue weighted by Gasteiger charge is -2.18. The average molecular weight is 285 g/mol. The van der Waals surface area contributed by atoms with E-state index in [9.17, 15) is 0 Å². The summed E-state index contributed by atoms with van der Waals surface area (Å²) >= 11 is 1.47. The molecule has 0 bridgehead atoms. The summed E-state index contributed by atoms with van der Waals surface area (Å²) in [5, 5.41) is 3.75. The van der Waals surface area contributed by atoms with Gasteiger partial charge in [0.05, 0.1) is 11.1 Å². The topological polar surface area (TPSA) is 70.8 Å². The summed E-state index contributed by atoms with van der Waals surface area (Å²) in [7, 11) is 0. The second-order valence-corrected chi connectivity index (χ2v) is 5.91. The van der Waals surface area contributed by atoms with E-state index in [1.165, 1.54) is 29.9 Å². The quantitative estimate of drug-likeness (QED) is 0.759. The zero-order valence-electron chi connectivity index (χ0n) is 11.0. The van der Waals surface area contributed by atoms with Gasteiger partial charge >= 0.3 is 0 Å². The van der Waals surface area contributed by atoms with Crippen molar-refractivity contribution in [3.05, 3.63) is 23.8 Å². The van der Waals surface area contributed by atoms with Crippen molar-refractivity contribution >= 4 is 33.2 Å². The molecule has 3 aromatic rings. The van der Waals surface area contributed by atoms with Crippen LogP contribution in [0, 0.1) is 0 Å². The van der Waals surface area contributed by atoms with Crippen molar-refractivity contribution in [2.24, 2.45) is 0 Å². The van der Waals surface area contributed by atoms with Crippen molar-refractivity contribution in [2.75, 3.05) is 23.7 Å². The number of anilines is 2. The monoisotopic (exact) mass is 285 g/mol.